The van der Waals surface area contributed by atoms with Gasteiger partial charge in [0, 0.05) is 30.6 Å². The molecule has 1 aromatic carbocycles. The quantitative estimate of drug-likeness (QED) is 0.867. The number of amides is 2. The SMILES string of the molecule is CCCCC(=O)NC1CCN(C(=O)Cc2ccc(Cl)cc2)CC1. The summed E-state index contributed by atoms with van der Waals surface area (Å²) >= 11 is 5.86. The molecule has 1 fully saturated rings. The number of unbranched alkanes of at least 4 members (excludes halogenated alkanes) is 1. The lowest BCUT2D eigenvalue weighted by Crippen LogP contribution is -2.46. The van der Waals surface area contributed by atoms with E-state index in [1.165, 1.54) is 0 Å². The van der Waals surface area contributed by atoms with Crippen molar-refractivity contribution in [3.63, 3.8) is 0 Å². The Kier molecular flexibility index (Phi) is 6.90. The Bertz CT molecular complexity index is 522. The lowest BCUT2D eigenvalue weighted by Gasteiger charge is -2.32. The van der Waals surface area contributed by atoms with E-state index in [-0.39, 0.29) is 17.9 Å². The van der Waals surface area contributed by atoms with Gasteiger partial charge in [-0.05, 0) is 37.0 Å². The second-order valence-electron chi connectivity index (χ2n) is 6.13. The number of benzene rings is 1. The molecule has 4 nitrogen and oxygen atoms in total. The summed E-state index contributed by atoms with van der Waals surface area (Å²) in [4.78, 5) is 26.0. The Hall–Kier alpha value is -1.55. The first-order chi connectivity index (χ1) is 11.1. The lowest BCUT2D eigenvalue weighted by molar-refractivity contribution is -0.131. The Labute approximate surface area is 143 Å². The molecular formula is C18H25ClN2O2. The van der Waals surface area contributed by atoms with E-state index < -0.39 is 0 Å². The maximum absolute atomic E-state index is 12.3. The van der Waals surface area contributed by atoms with E-state index in [0.29, 0.717) is 31.0 Å². The molecule has 0 spiro atoms. The van der Waals surface area contributed by atoms with E-state index in [2.05, 4.69) is 12.2 Å². The summed E-state index contributed by atoms with van der Waals surface area (Å²) in [6.45, 7) is 3.51. The molecule has 126 valence electrons. The van der Waals surface area contributed by atoms with E-state index in [1.54, 1.807) is 0 Å². The van der Waals surface area contributed by atoms with Gasteiger partial charge in [0.05, 0.1) is 6.42 Å². The molecule has 0 radical (unpaired) electrons. The molecule has 0 unspecified atom stereocenters. The number of piperidine rings is 1. The highest BCUT2D eigenvalue weighted by Gasteiger charge is 2.23. The van der Waals surface area contributed by atoms with Gasteiger partial charge in [-0.2, -0.15) is 0 Å². The zero-order chi connectivity index (χ0) is 16.7. The summed E-state index contributed by atoms with van der Waals surface area (Å²) in [7, 11) is 0. The predicted octanol–water partition coefficient (Wildman–Crippen LogP) is 3.18. The van der Waals surface area contributed by atoms with Crippen LogP contribution in [0.2, 0.25) is 5.02 Å². The van der Waals surface area contributed by atoms with Crippen LogP contribution >= 0.6 is 11.6 Å². The summed E-state index contributed by atoms with van der Waals surface area (Å²) < 4.78 is 0. The van der Waals surface area contributed by atoms with Crippen molar-refractivity contribution in [2.24, 2.45) is 0 Å². The summed E-state index contributed by atoms with van der Waals surface area (Å²) in [5.41, 5.74) is 0.981. The number of rotatable bonds is 6. The van der Waals surface area contributed by atoms with Crippen molar-refractivity contribution < 1.29 is 9.59 Å². The van der Waals surface area contributed by atoms with Gasteiger partial charge < -0.3 is 10.2 Å². The van der Waals surface area contributed by atoms with Gasteiger partial charge in [-0.1, -0.05) is 37.1 Å². The number of carbonyl (C=O) groups is 2. The van der Waals surface area contributed by atoms with Crippen LogP contribution in [0.5, 0.6) is 0 Å². The van der Waals surface area contributed by atoms with Crippen molar-refractivity contribution >= 4 is 23.4 Å². The van der Waals surface area contributed by atoms with Crippen LogP contribution < -0.4 is 5.32 Å². The zero-order valence-corrected chi connectivity index (χ0v) is 14.4. The minimum absolute atomic E-state index is 0.137. The monoisotopic (exact) mass is 336 g/mol. The molecule has 1 N–H and O–H groups in total. The minimum atomic E-state index is 0.137. The van der Waals surface area contributed by atoms with Gasteiger partial charge in [-0.25, -0.2) is 0 Å². The third-order valence-corrected chi connectivity index (χ3v) is 4.49. The van der Waals surface area contributed by atoms with Gasteiger partial charge in [0.1, 0.15) is 0 Å². The van der Waals surface area contributed by atoms with Crippen molar-refractivity contribution in [2.75, 3.05) is 13.1 Å². The normalized spacial score (nSPS) is 15.5. The molecule has 0 atom stereocenters. The Balaban J connectivity index is 1.74. The van der Waals surface area contributed by atoms with E-state index in [4.69, 9.17) is 11.6 Å². The smallest absolute Gasteiger partial charge is 0.226 e. The zero-order valence-electron chi connectivity index (χ0n) is 13.7. The van der Waals surface area contributed by atoms with E-state index in [1.807, 2.05) is 29.2 Å². The summed E-state index contributed by atoms with van der Waals surface area (Å²) in [6.07, 6.45) is 4.65. The van der Waals surface area contributed by atoms with Crippen LogP contribution in [-0.4, -0.2) is 35.8 Å². The van der Waals surface area contributed by atoms with Gasteiger partial charge in [0.15, 0.2) is 0 Å². The molecule has 1 saturated heterocycles. The van der Waals surface area contributed by atoms with Gasteiger partial charge >= 0.3 is 0 Å². The molecule has 23 heavy (non-hydrogen) atoms. The van der Waals surface area contributed by atoms with E-state index in [9.17, 15) is 9.59 Å². The van der Waals surface area contributed by atoms with Crippen LogP contribution in [0.3, 0.4) is 0 Å². The number of carbonyl (C=O) groups excluding carboxylic acids is 2. The maximum atomic E-state index is 12.3. The summed E-state index contributed by atoms with van der Waals surface area (Å²) in [5, 5.41) is 3.76. The first-order valence-corrected chi connectivity index (χ1v) is 8.78. The lowest BCUT2D eigenvalue weighted by atomic mass is 10.0. The van der Waals surface area contributed by atoms with Crippen LogP contribution in [-0.2, 0) is 16.0 Å². The Morgan fingerprint density at radius 1 is 1.22 bits per heavy atom. The highest BCUT2D eigenvalue weighted by atomic mass is 35.5. The molecule has 1 heterocycles. The minimum Gasteiger partial charge on any atom is -0.353 e. The Morgan fingerprint density at radius 2 is 1.87 bits per heavy atom. The van der Waals surface area contributed by atoms with Crippen LogP contribution in [0.1, 0.15) is 44.6 Å². The highest BCUT2D eigenvalue weighted by Crippen LogP contribution is 2.14. The average molecular weight is 337 g/mol. The van der Waals surface area contributed by atoms with Crippen molar-refractivity contribution in [2.45, 2.75) is 51.5 Å². The van der Waals surface area contributed by atoms with Crippen LogP contribution in [0.15, 0.2) is 24.3 Å². The number of halogens is 1. The molecular weight excluding hydrogens is 312 g/mol. The van der Waals surface area contributed by atoms with Gasteiger partial charge in [-0.15, -0.1) is 0 Å². The number of nitrogens with one attached hydrogen (secondary N) is 1. The molecule has 2 amide bonds. The van der Waals surface area contributed by atoms with E-state index >= 15 is 0 Å². The second-order valence-corrected chi connectivity index (χ2v) is 6.57. The fourth-order valence-electron chi connectivity index (χ4n) is 2.80. The number of likely N-dealkylation sites (tertiary alicyclic amines) is 1. The number of nitrogens with zero attached hydrogens (tertiary/aromatic N) is 1. The van der Waals surface area contributed by atoms with Crippen molar-refractivity contribution in [3.8, 4) is 0 Å². The third-order valence-electron chi connectivity index (χ3n) is 4.24. The molecule has 0 aliphatic carbocycles. The first-order valence-electron chi connectivity index (χ1n) is 8.40. The molecule has 1 aliphatic rings. The topological polar surface area (TPSA) is 49.4 Å². The molecule has 1 aromatic rings. The fraction of sp³-hybridized carbons (Fsp3) is 0.556. The number of hydrogen-bond donors (Lipinski definition) is 1. The molecule has 1 aliphatic heterocycles. The Morgan fingerprint density at radius 3 is 2.48 bits per heavy atom. The van der Waals surface area contributed by atoms with Crippen LogP contribution in [0.4, 0.5) is 0 Å². The van der Waals surface area contributed by atoms with Gasteiger partial charge in [-0.3, -0.25) is 9.59 Å². The van der Waals surface area contributed by atoms with E-state index in [0.717, 1.165) is 31.2 Å². The largest absolute Gasteiger partial charge is 0.353 e. The van der Waals surface area contributed by atoms with Crippen LogP contribution in [0.25, 0.3) is 0 Å². The van der Waals surface area contributed by atoms with Crippen molar-refractivity contribution in [1.29, 1.82) is 0 Å². The number of hydrogen-bond acceptors (Lipinski definition) is 2. The van der Waals surface area contributed by atoms with Crippen molar-refractivity contribution in [3.05, 3.63) is 34.9 Å². The fourth-order valence-corrected chi connectivity index (χ4v) is 2.93. The standard InChI is InChI=1S/C18H25ClN2O2/c1-2-3-4-17(22)20-16-9-11-21(12-10-16)18(23)13-14-5-7-15(19)8-6-14/h5-8,16H,2-4,9-13H2,1H3,(H,20,22). The molecule has 0 bridgehead atoms. The molecule has 5 heteroatoms. The molecule has 0 saturated carbocycles. The average Bonchev–Trinajstić information content (AvgIpc) is 2.55. The van der Waals surface area contributed by atoms with Gasteiger partial charge in [0.25, 0.3) is 0 Å². The second kappa shape index (κ2) is 8.92. The predicted molar refractivity (Wildman–Crippen MR) is 92.4 cm³/mol. The molecule has 0 aromatic heterocycles. The highest BCUT2D eigenvalue weighted by molar-refractivity contribution is 6.30. The summed E-state index contributed by atoms with van der Waals surface area (Å²) in [5.74, 6) is 0.279. The van der Waals surface area contributed by atoms with Crippen LogP contribution in [0, 0.1) is 0 Å². The third kappa shape index (κ3) is 5.87. The van der Waals surface area contributed by atoms with Gasteiger partial charge in [0.2, 0.25) is 11.8 Å². The van der Waals surface area contributed by atoms with Crippen molar-refractivity contribution in [1.82, 2.24) is 10.2 Å². The molecule has 2 rings (SSSR count). The summed E-state index contributed by atoms with van der Waals surface area (Å²) in [6, 6.07) is 7.60. The maximum Gasteiger partial charge on any atom is 0.226 e. The first kappa shape index (κ1) is 17.8.